The number of non-ortho nitro benzene ring substituents is 1. The highest BCUT2D eigenvalue weighted by Crippen LogP contribution is 2.33. The lowest BCUT2D eigenvalue weighted by Crippen LogP contribution is -2.13. The van der Waals surface area contributed by atoms with E-state index in [0.29, 0.717) is 22.3 Å². The summed E-state index contributed by atoms with van der Waals surface area (Å²) in [6.07, 6.45) is -1.40. The number of pyridine rings is 1. The maximum atomic E-state index is 12.9. The van der Waals surface area contributed by atoms with Gasteiger partial charge in [-0.3, -0.25) is 14.9 Å². The van der Waals surface area contributed by atoms with Crippen LogP contribution in [0.4, 0.5) is 24.5 Å². The number of rotatable bonds is 5. The van der Waals surface area contributed by atoms with E-state index in [1.165, 1.54) is 24.4 Å². The summed E-state index contributed by atoms with van der Waals surface area (Å²) in [6, 6.07) is 9.86. The van der Waals surface area contributed by atoms with Gasteiger partial charge in [0, 0.05) is 34.9 Å². The van der Waals surface area contributed by atoms with Crippen molar-refractivity contribution in [3.05, 3.63) is 97.8 Å². The summed E-state index contributed by atoms with van der Waals surface area (Å²) >= 11 is 12.1. The van der Waals surface area contributed by atoms with Gasteiger partial charge in [0.2, 0.25) is 0 Å². The molecule has 1 N–H and O–H groups in total. The summed E-state index contributed by atoms with van der Waals surface area (Å²) in [4.78, 5) is 27.4. The van der Waals surface area contributed by atoms with E-state index in [2.05, 4.69) is 10.3 Å². The maximum Gasteiger partial charge on any atom is 0.416 e. The van der Waals surface area contributed by atoms with Gasteiger partial charge in [0.05, 0.1) is 33.3 Å². The van der Waals surface area contributed by atoms with E-state index in [1.54, 1.807) is 22.9 Å². The summed E-state index contributed by atoms with van der Waals surface area (Å²) in [5.41, 5.74) is 0.0628. The van der Waals surface area contributed by atoms with Crippen LogP contribution in [0.2, 0.25) is 10.0 Å². The summed E-state index contributed by atoms with van der Waals surface area (Å²) in [5.74, 6) is -0.653. The van der Waals surface area contributed by atoms with Gasteiger partial charge in [-0.15, -0.1) is 0 Å². The van der Waals surface area contributed by atoms with Crippen LogP contribution in [0.3, 0.4) is 0 Å². The molecular formula is C22H13Cl2F3N4O3. The molecule has 4 aromatic rings. The lowest BCUT2D eigenvalue weighted by molar-refractivity contribution is -0.384. The van der Waals surface area contributed by atoms with Crippen LogP contribution in [0.15, 0.2) is 60.9 Å². The molecule has 2 aromatic carbocycles. The molecule has 0 spiro atoms. The topological polar surface area (TPSA) is 90.1 Å². The number of nitrogens with zero attached hydrogens (tertiary/aromatic N) is 3. The van der Waals surface area contributed by atoms with Gasteiger partial charge in [0.15, 0.2) is 0 Å². The number of nitrogens with one attached hydrogen (secondary N) is 1. The van der Waals surface area contributed by atoms with E-state index in [4.69, 9.17) is 23.2 Å². The minimum atomic E-state index is -4.50. The Bertz CT molecular complexity index is 1440. The number of fused-ring (bicyclic) bond motifs is 1. The van der Waals surface area contributed by atoms with E-state index in [1.807, 2.05) is 0 Å². The number of alkyl halides is 3. The largest absolute Gasteiger partial charge is 0.416 e. The van der Waals surface area contributed by atoms with Gasteiger partial charge >= 0.3 is 6.18 Å². The molecule has 7 nitrogen and oxygen atoms in total. The van der Waals surface area contributed by atoms with Gasteiger partial charge < -0.3 is 9.88 Å². The molecule has 0 aliphatic heterocycles. The number of anilines is 1. The molecule has 0 saturated heterocycles. The quantitative estimate of drug-likeness (QED) is 0.243. The van der Waals surface area contributed by atoms with Crippen molar-refractivity contribution in [2.45, 2.75) is 12.7 Å². The lowest BCUT2D eigenvalue weighted by Gasteiger charge is -2.12. The first-order valence-electron chi connectivity index (χ1n) is 9.59. The number of hydrogen-bond acceptors (Lipinski definition) is 4. The van der Waals surface area contributed by atoms with Gasteiger partial charge in [0.1, 0.15) is 5.65 Å². The molecule has 0 bridgehead atoms. The average Bonchev–Trinajstić information content (AvgIpc) is 3.18. The zero-order valence-corrected chi connectivity index (χ0v) is 18.4. The number of hydrogen-bond donors (Lipinski definition) is 1. The standard InChI is InChI=1S/C22H13Cl2F3N4O3/c23-17-4-3-14(31(33)34)10-16(17)21(32)29-19-5-7-28-20-15(19)6-8-30(20)11-12-1-2-13(9-18(12)24)22(25,26)27/h1-10H,11H2,(H,28,29,32). The second-order valence-electron chi connectivity index (χ2n) is 7.22. The summed E-state index contributed by atoms with van der Waals surface area (Å²) in [7, 11) is 0. The summed E-state index contributed by atoms with van der Waals surface area (Å²) in [5, 5.41) is 14.2. The Hall–Kier alpha value is -3.63. The third kappa shape index (κ3) is 4.68. The van der Waals surface area contributed by atoms with Gasteiger partial charge in [0.25, 0.3) is 11.6 Å². The molecule has 0 saturated carbocycles. The minimum absolute atomic E-state index is 0.0403. The highest BCUT2D eigenvalue weighted by molar-refractivity contribution is 6.34. The Morgan fingerprint density at radius 1 is 1.09 bits per heavy atom. The normalized spacial score (nSPS) is 11.6. The van der Waals surface area contributed by atoms with E-state index in [-0.39, 0.29) is 27.8 Å². The summed E-state index contributed by atoms with van der Waals surface area (Å²) < 4.78 is 40.3. The number of benzene rings is 2. The number of aromatic nitrogens is 2. The maximum absolute atomic E-state index is 12.9. The van der Waals surface area contributed by atoms with Crippen molar-refractivity contribution in [3.8, 4) is 0 Å². The third-order valence-corrected chi connectivity index (χ3v) is 5.72. The van der Waals surface area contributed by atoms with Crippen molar-refractivity contribution in [2.24, 2.45) is 0 Å². The number of nitro groups is 1. The molecule has 0 atom stereocenters. The number of amides is 1. The smallest absolute Gasteiger partial charge is 0.328 e. The monoisotopic (exact) mass is 508 g/mol. The van der Waals surface area contributed by atoms with Crippen LogP contribution in [-0.4, -0.2) is 20.4 Å². The first-order valence-corrected chi connectivity index (χ1v) is 10.3. The molecule has 0 aliphatic carbocycles. The van der Waals surface area contributed by atoms with Crippen LogP contribution in [0.25, 0.3) is 11.0 Å². The third-order valence-electron chi connectivity index (χ3n) is 5.04. The Labute approximate surface area is 199 Å². The predicted octanol–water partition coefficient (Wildman–Crippen LogP) is 6.57. The van der Waals surface area contributed by atoms with Crippen LogP contribution in [0.1, 0.15) is 21.5 Å². The molecule has 1 amide bonds. The zero-order valence-electron chi connectivity index (χ0n) is 16.9. The van der Waals surface area contributed by atoms with Crippen molar-refractivity contribution in [1.82, 2.24) is 9.55 Å². The number of nitro benzene ring substituents is 1. The molecule has 12 heteroatoms. The molecule has 4 rings (SSSR count). The first-order chi connectivity index (χ1) is 16.0. The Morgan fingerprint density at radius 2 is 1.85 bits per heavy atom. The van der Waals surface area contributed by atoms with Gasteiger partial charge in [-0.2, -0.15) is 13.2 Å². The number of carbonyl (C=O) groups excluding carboxylic acids is 1. The molecule has 2 aromatic heterocycles. The Morgan fingerprint density at radius 3 is 2.53 bits per heavy atom. The van der Waals surface area contributed by atoms with E-state index >= 15 is 0 Å². The molecule has 0 radical (unpaired) electrons. The first kappa shape index (κ1) is 23.5. The fraction of sp³-hybridized carbons (Fsp3) is 0.0909. The second-order valence-corrected chi connectivity index (χ2v) is 8.03. The van der Waals surface area contributed by atoms with Crippen molar-refractivity contribution < 1.29 is 22.9 Å². The summed E-state index contributed by atoms with van der Waals surface area (Å²) in [6.45, 7) is 0.140. The second kappa shape index (κ2) is 8.96. The highest BCUT2D eigenvalue weighted by atomic mass is 35.5. The van der Waals surface area contributed by atoms with Crippen molar-refractivity contribution >= 4 is 51.5 Å². The van der Waals surface area contributed by atoms with E-state index in [9.17, 15) is 28.1 Å². The molecule has 0 unspecified atom stereocenters. The zero-order chi connectivity index (χ0) is 24.6. The average molecular weight is 509 g/mol. The van der Waals surface area contributed by atoms with Crippen molar-refractivity contribution in [3.63, 3.8) is 0 Å². The van der Waals surface area contributed by atoms with Crippen molar-refractivity contribution in [1.29, 1.82) is 0 Å². The van der Waals surface area contributed by atoms with Gasteiger partial charge in [-0.25, -0.2) is 4.98 Å². The SMILES string of the molecule is O=C(Nc1ccnc2c1ccn2Cc1ccc(C(F)(F)F)cc1Cl)c1cc([N+](=O)[O-])ccc1Cl. The highest BCUT2D eigenvalue weighted by Gasteiger charge is 2.31. The van der Waals surface area contributed by atoms with Crippen LogP contribution in [0.5, 0.6) is 0 Å². The fourth-order valence-electron chi connectivity index (χ4n) is 3.35. The van der Waals surface area contributed by atoms with E-state index < -0.39 is 22.6 Å². The minimum Gasteiger partial charge on any atom is -0.328 e. The van der Waals surface area contributed by atoms with Gasteiger partial charge in [-0.1, -0.05) is 29.3 Å². The number of halogens is 5. The van der Waals surface area contributed by atoms with Crippen LogP contribution in [-0.2, 0) is 12.7 Å². The van der Waals surface area contributed by atoms with Crippen LogP contribution < -0.4 is 5.32 Å². The van der Waals surface area contributed by atoms with E-state index in [0.717, 1.165) is 18.2 Å². The Kier molecular flexibility index (Phi) is 6.20. The molecule has 0 aliphatic rings. The Balaban J connectivity index is 1.62. The molecule has 0 fully saturated rings. The van der Waals surface area contributed by atoms with Crippen LogP contribution >= 0.6 is 23.2 Å². The molecule has 2 heterocycles. The molecule has 174 valence electrons. The molecule has 34 heavy (non-hydrogen) atoms. The number of carbonyl (C=O) groups is 1. The predicted molar refractivity (Wildman–Crippen MR) is 121 cm³/mol. The fourth-order valence-corrected chi connectivity index (χ4v) is 3.80. The van der Waals surface area contributed by atoms with Crippen LogP contribution in [0, 0.1) is 10.1 Å². The lowest BCUT2D eigenvalue weighted by atomic mass is 10.1. The molecular weight excluding hydrogens is 496 g/mol. The van der Waals surface area contributed by atoms with Gasteiger partial charge in [-0.05, 0) is 35.9 Å². The van der Waals surface area contributed by atoms with Crippen molar-refractivity contribution in [2.75, 3.05) is 5.32 Å².